The minimum Gasteiger partial charge on any atom is -0.316 e. The molecule has 1 aromatic carbocycles. The van der Waals surface area contributed by atoms with Gasteiger partial charge in [-0.3, -0.25) is 9.36 Å². The molecule has 1 aliphatic heterocycles. The minimum atomic E-state index is -0.369. The molecule has 0 saturated carbocycles. The van der Waals surface area contributed by atoms with Crippen LogP contribution in [0.5, 0.6) is 0 Å². The van der Waals surface area contributed by atoms with Crippen LogP contribution in [0.3, 0.4) is 0 Å². The number of hydrogen-bond donors (Lipinski definition) is 2. The van der Waals surface area contributed by atoms with Gasteiger partial charge in [0.05, 0.1) is 10.9 Å². The molecule has 1 aromatic heterocycles. The van der Waals surface area contributed by atoms with Gasteiger partial charge in [-0.25, -0.2) is 4.79 Å². The van der Waals surface area contributed by atoms with Crippen molar-refractivity contribution in [3.05, 3.63) is 44.1 Å². The summed E-state index contributed by atoms with van der Waals surface area (Å²) in [4.78, 5) is 27.0. The Balaban J connectivity index is 2.11. The highest BCUT2D eigenvalue weighted by Gasteiger charge is 2.17. The Hall–Kier alpha value is -1.59. The first-order chi connectivity index (χ1) is 9.15. The number of nitrogens with zero attached hydrogens (tertiary/aromatic N) is 1. The molecule has 1 aliphatic rings. The van der Waals surface area contributed by atoms with E-state index in [4.69, 9.17) is 11.6 Å². The lowest BCUT2D eigenvalue weighted by molar-refractivity contribution is 0.460. The zero-order valence-corrected chi connectivity index (χ0v) is 11.0. The number of nitrogens with one attached hydrogen (secondary N) is 2. The molecule has 0 spiro atoms. The van der Waals surface area contributed by atoms with Crippen molar-refractivity contribution in [2.75, 3.05) is 13.1 Å². The maximum atomic E-state index is 12.3. The predicted octanol–water partition coefficient (Wildman–Crippen LogP) is 0.953. The van der Waals surface area contributed by atoms with Gasteiger partial charge in [0.2, 0.25) is 0 Å². The van der Waals surface area contributed by atoms with Gasteiger partial charge >= 0.3 is 5.69 Å². The summed E-state index contributed by atoms with van der Waals surface area (Å²) in [6, 6.07) is 4.91. The van der Waals surface area contributed by atoms with Crippen LogP contribution in [0.25, 0.3) is 10.9 Å². The number of benzene rings is 1. The second-order valence-corrected chi connectivity index (χ2v) is 5.33. The third-order valence-corrected chi connectivity index (χ3v) is 3.78. The molecule has 0 aliphatic carbocycles. The molecule has 1 unspecified atom stereocenters. The van der Waals surface area contributed by atoms with Gasteiger partial charge in [-0.15, -0.1) is 0 Å². The molecule has 6 heteroatoms. The van der Waals surface area contributed by atoms with Gasteiger partial charge in [-0.05, 0) is 43.6 Å². The highest BCUT2D eigenvalue weighted by molar-refractivity contribution is 6.31. The summed E-state index contributed by atoms with van der Waals surface area (Å²) in [5.41, 5.74) is -0.128. The largest absolute Gasteiger partial charge is 0.328 e. The van der Waals surface area contributed by atoms with Crippen LogP contribution in [0.15, 0.2) is 27.8 Å². The molecule has 5 nitrogen and oxygen atoms in total. The fraction of sp³-hybridized carbons (Fsp3) is 0.385. The normalized spacial score (nSPS) is 19.1. The Morgan fingerprint density at radius 2 is 2.21 bits per heavy atom. The SMILES string of the molecule is O=c1[nH]c2cc(Cl)ccc2c(=O)n1CC1CCNC1. The molecule has 19 heavy (non-hydrogen) atoms. The summed E-state index contributed by atoms with van der Waals surface area (Å²) in [6.45, 7) is 2.25. The number of hydrogen-bond acceptors (Lipinski definition) is 3. The van der Waals surface area contributed by atoms with E-state index < -0.39 is 0 Å². The molecule has 0 radical (unpaired) electrons. The maximum Gasteiger partial charge on any atom is 0.328 e. The number of fused-ring (bicyclic) bond motifs is 1. The number of aromatic amines is 1. The van der Waals surface area contributed by atoms with Gasteiger partial charge in [-0.1, -0.05) is 11.6 Å². The maximum absolute atomic E-state index is 12.3. The van der Waals surface area contributed by atoms with Gasteiger partial charge in [0.25, 0.3) is 5.56 Å². The van der Waals surface area contributed by atoms with Crippen molar-refractivity contribution in [1.29, 1.82) is 0 Å². The third-order valence-electron chi connectivity index (χ3n) is 3.55. The van der Waals surface area contributed by atoms with E-state index in [1.54, 1.807) is 18.2 Å². The van der Waals surface area contributed by atoms with Crippen molar-refractivity contribution in [3.8, 4) is 0 Å². The molecular weight excluding hydrogens is 266 g/mol. The lowest BCUT2D eigenvalue weighted by Crippen LogP contribution is -2.37. The summed E-state index contributed by atoms with van der Waals surface area (Å²) in [6.07, 6.45) is 0.991. The quantitative estimate of drug-likeness (QED) is 0.860. The second kappa shape index (κ2) is 4.83. The highest BCUT2D eigenvalue weighted by atomic mass is 35.5. The Morgan fingerprint density at radius 1 is 1.37 bits per heavy atom. The molecule has 100 valence electrons. The van der Waals surface area contributed by atoms with Crippen molar-refractivity contribution >= 4 is 22.5 Å². The molecule has 3 rings (SSSR count). The summed E-state index contributed by atoms with van der Waals surface area (Å²) in [5.74, 6) is 0.337. The average molecular weight is 280 g/mol. The summed E-state index contributed by atoms with van der Waals surface area (Å²) in [7, 11) is 0. The van der Waals surface area contributed by atoms with Crippen LogP contribution in [-0.2, 0) is 6.54 Å². The smallest absolute Gasteiger partial charge is 0.316 e. The molecule has 0 bridgehead atoms. The lowest BCUT2D eigenvalue weighted by atomic mass is 10.1. The van der Waals surface area contributed by atoms with Crippen molar-refractivity contribution in [2.24, 2.45) is 5.92 Å². The molecule has 2 N–H and O–H groups in total. The number of halogens is 1. The van der Waals surface area contributed by atoms with E-state index in [2.05, 4.69) is 10.3 Å². The third kappa shape index (κ3) is 2.31. The topological polar surface area (TPSA) is 66.9 Å². The zero-order valence-electron chi connectivity index (χ0n) is 10.3. The summed E-state index contributed by atoms with van der Waals surface area (Å²) >= 11 is 5.86. The van der Waals surface area contributed by atoms with Gasteiger partial charge in [0.1, 0.15) is 0 Å². The first-order valence-electron chi connectivity index (χ1n) is 6.28. The second-order valence-electron chi connectivity index (χ2n) is 4.89. The van der Waals surface area contributed by atoms with Crippen molar-refractivity contribution in [2.45, 2.75) is 13.0 Å². The van der Waals surface area contributed by atoms with Gasteiger partial charge in [-0.2, -0.15) is 0 Å². The van der Waals surface area contributed by atoms with E-state index in [9.17, 15) is 9.59 Å². The lowest BCUT2D eigenvalue weighted by Gasteiger charge is -2.10. The van der Waals surface area contributed by atoms with E-state index in [0.717, 1.165) is 19.5 Å². The van der Waals surface area contributed by atoms with E-state index in [-0.39, 0.29) is 11.2 Å². The minimum absolute atomic E-state index is 0.248. The van der Waals surface area contributed by atoms with Gasteiger partial charge in [0.15, 0.2) is 0 Å². The molecule has 2 aromatic rings. The Kier molecular flexibility index (Phi) is 3.16. The van der Waals surface area contributed by atoms with Crippen LogP contribution >= 0.6 is 11.6 Å². The molecule has 1 fully saturated rings. The van der Waals surface area contributed by atoms with Crippen molar-refractivity contribution in [3.63, 3.8) is 0 Å². The van der Waals surface area contributed by atoms with Crippen LogP contribution in [0.4, 0.5) is 0 Å². The first kappa shape index (κ1) is 12.4. The molecule has 1 saturated heterocycles. The fourth-order valence-corrected chi connectivity index (χ4v) is 2.69. The number of rotatable bonds is 2. The highest BCUT2D eigenvalue weighted by Crippen LogP contribution is 2.14. The Labute approximate surface area is 114 Å². The van der Waals surface area contributed by atoms with Crippen LogP contribution in [0.1, 0.15) is 6.42 Å². The van der Waals surface area contributed by atoms with Crippen LogP contribution < -0.4 is 16.6 Å². The fourth-order valence-electron chi connectivity index (χ4n) is 2.52. The van der Waals surface area contributed by atoms with Crippen molar-refractivity contribution in [1.82, 2.24) is 14.9 Å². The van der Waals surface area contributed by atoms with Gasteiger partial charge < -0.3 is 10.3 Å². The molecular formula is C13H14ClN3O2. The molecule has 0 amide bonds. The standard InChI is InChI=1S/C13H14ClN3O2/c14-9-1-2-10-11(5-9)16-13(19)17(12(10)18)7-8-3-4-15-6-8/h1-2,5,8,15H,3-4,6-7H2,(H,16,19). The van der Waals surface area contributed by atoms with Crippen LogP contribution in [0.2, 0.25) is 5.02 Å². The molecule has 2 heterocycles. The van der Waals surface area contributed by atoms with Crippen LogP contribution in [0, 0.1) is 5.92 Å². The molecule has 1 atom stereocenters. The Morgan fingerprint density at radius 3 is 2.95 bits per heavy atom. The predicted molar refractivity (Wildman–Crippen MR) is 74.8 cm³/mol. The van der Waals surface area contributed by atoms with E-state index in [1.165, 1.54) is 4.57 Å². The monoisotopic (exact) mass is 279 g/mol. The van der Waals surface area contributed by atoms with Crippen LogP contribution in [-0.4, -0.2) is 22.6 Å². The summed E-state index contributed by atoms with van der Waals surface area (Å²) < 4.78 is 1.29. The average Bonchev–Trinajstić information content (AvgIpc) is 2.87. The summed E-state index contributed by atoms with van der Waals surface area (Å²) in [5, 5.41) is 4.23. The number of aromatic nitrogens is 2. The van der Waals surface area contributed by atoms with E-state index >= 15 is 0 Å². The van der Waals surface area contributed by atoms with E-state index in [1.807, 2.05) is 0 Å². The van der Waals surface area contributed by atoms with Crippen molar-refractivity contribution < 1.29 is 0 Å². The number of H-pyrrole nitrogens is 1. The Bertz CT molecular complexity index is 729. The van der Waals surface area contributed by atoms with E-state index in [0.29, 0.717) is 28.4 Å². The zero-order chi connectivity index (χ0) is 13.4. The van der Waals surface area contributed by atoms with Gasteiger partial charge in [0, 0.05) is 11.6 Å². The first-order valence-corrected chi connectivity index (χ1v) is 6.66.